The number of ether oxygens (including phenoxy) is 2. The number of rotatable bonds is 7. The Hall–Kier alpha value is -3.01. The van der Waals surface area contributed by atoms with Crippen molar-refractivity contribution in [3.05, 3.63) is 75.1 Å². The van der Waals surface area contributed by atoms with Gasteiger partial charge in [0.15, 0.2) is 0 Å². The number of nitrogens with one attached hydrogen (secondary N) is 1. The fraction of sp³-hybridized carbons (Fsp3) is 0.360. The molecule has 0 spiro atoms. The van der Waals surface area contributed by atoms with Gasteiger partial charge >= 0.3 is 5.97 Å². The number of fused-ring (bicyclic) bond motifs is 1. The molecule has 34 heavy (non-hydrogen) atoms. The summed E-state index contributed by atoms with van der Waals surface area (Å²) in [5.41, 5.74) is 2.87. The maximum absolute atomic E-state index is 13.7. The van der Waals surface area contributed by atoms with Crippen molar-refractivity contribution in [3.63, 3.8) is 0 Å². The predicted molar refractivity (Wildman–Crippen MR) is 128 cm³/mol. The van der Waals surface area contributed by atoms with Crippen molar-refractivity contribution in [3.8, 4) is 0 Å². The molecule has 4 rings (SSSR count). The van der Waals surface area contributed by atoms with Gasteiger partial charge in [0.25, 0.3) is 5.56 Å². The number of nitrogens with zero attached hydrogens (tertiary/aromatic N) is 1. The quantitative estimate of drug-likeness (QED) is 0.516. The molecule has 8 nitrogen and oxygen atoms in total. The molecule has 0 bridgehead atoms. The number of sulfonamides is 1. The van der Waals surface area contributed by atoms with Crippen molar-refractivity contribution >= 4 is 26.9 Å². The van der Waals surface area contributed by atoms with Gasteiger partial charge in [0.2, 0.25) is 10.0 Å². The summed E-state index contributed by atoms with van der Waals surface area (Å²) in [5.74, 6) is -0.625. The zero-order chi connectivity index (χ0) is 24.5. The van der Waals surface area contributed by atoms with Crippen molar-refractivity contribution in [2.24, 2.45) is 0 Å². The van der Waals surface area contributed by atoms with Gasteiger partial charge in [0, 0.05) is 36.2 Å². The largest absolute Gasteiger partial charge is 0.465 e. The Bertz CT molecular complexity index is 1390. The Balaban J connectivity index is 1.76. The van der Waals surface area contributed by atoms with Crippen molar-refractivity contribution in [1.29, 1.82) is 0 Å². The summed E-state index contributed by atoms with van der Waals surface area (Å²) in [6, 6.07) is 11.4. The number of aryl methyl sites for hydroxylation is 2. The van der Waals surface area contributed by atoms with Gasteiger partial charge in [-0.2, -0.15) is 4.31 Å². The van der Waals surface area contributed by atoms with Crippen LogP contribution in [0.3, 0.4) is 0 Å². The van der Waals surface area contributed by atoms with Crippen LogP contribution in [-0.4, -0.2) is 50.0 Å². The lowest BCUT2D eigenvalue weighted by Gasteiger charge is -2.25. The zero-order valence-electron chi connectivity index (χ0n) is 19.5. The summed E-state index contributed by atoms with van der Waals surface area (Å²) in [7, 11) is -2.81. The summed E-state index contributed by atoms with van der Waals surface area (Å²) in [6.07, 6.45) is 1.33. The van der Waals surface area contributed by atoms with E-state index in [1.54, 1.807) is 6.07 Å². The average Bonchev–Trinajstić information content (AvgIpc) is 3.32. The molecule has 9 heteroatoms. The summed E-state index contributed by atoms with van der Waals surface area (Å²) < 4.78 is 39.1. The van der Waals surface area contributed by atoms with Gasteiger partial charge in [0.05, 0.1) is 23.7 Å². The van der Waals surface area contributed by atoms with Gasteiger partial charge in [-0.05, 0) is 68.1 Å². The van der Waals surface area contributed by atoms with Crippen LogP contribution in [0.4, 0.5) is 0 Å². The number of esters is 1. The summed E-state index contributed by atoms with van der Waals surface area (Å²) in [4.78, 5) is 27.7. The SMILES string of the molecule is COC(=O)c1cccc(S(=O)(=O)N(Cc2cc3c(C)cc(C)cc3[nH]c2=O)C[C@@H]2CCCO2)c1. The van der Waals surface area contributed by atoms with Crippen LogP contribution in [-0.2, 0) is 26.0 Å². The van der Waals surface area contributed by atoms with Crippen LogP contribution in [0.25, 0.3) is 10.9 Å². The van der Waals surface area contributed by atoms with E-state index in [0.717, 1.165) is 29.4 Å². The molecule has 2 aromatic carbocycles. The fourth-order valence-corrected chi connectivity index (χ4v) is 5.83. The highest BCUT2D eigenvalue weighted by Crippen LogP contribution is 2.24. The molecule has 3 aromatic rings. The number of hydrogen-bond donors (Lipinski definition) is 1. The van der Waals surface area contributed by atoms with Crippen molar-refractivity contribution < 1.29 is 22.7 Å². The average molecular weight is 485 g/mol. The number of benzene rings is 2. The van der Waals surface area contributed by atoms with E-state index in [-0.39, 0.29) is 35.2 Å². The van der Waals surface area contributed by atoms with E-state index in [2.05, 4.69) is 4.98 Å². The minimum Gasteiger partial charge on any atom is -0.465 e. The normalized spacial score (nSPS) is 16.3. The molecule has 1 atom stereocenters. The molecule has 1 fully saturated rings. The van der Waals surface area contributed by atoms with E-state index < -0.39 is 16.0 Å². The van der Waals surface area contributed by atoms with Crippen LogP contribution in [0.15, 0.2) is 52.2 Å². The minimum atomic E-state index is -4.05. The molecule has 1 aliphatic heterocycles. The first-order valence-corrected chi connectivity index (χ1v) is 12.6. The van der Waals surface area contributed by atoms with E-state index in [1.807, 2.05) is 26.0 Å². The third-order valence-electron chi connectivity index (χ3n) is 6.06. The second-order valence-electron chi connectivity index (χ2n) is 8.62. The molecule has 0 saturated carbocycles. The van der Waals surface area contributed by atoms with Crippen LogP contribution in [0.5, 0.6) is 0 Å². The third-order valence-corrected chi connectivity index (χ3v) is 7.87. The highest BCUT2D eigenvalue weighted by atomic mass is 32.2. The smallest absolute Gasteiger partial charge is 0.337 e. The van der Waals surface area contributed by atoms with Crippen LogP contribution in [0.2, 0.25) is 0 Å². The number of aromatic nitrogens is 1. The second kappa shape index (κ2) is 9.69. The van der Waals surface area contributed by atoms with E-state index in [9.17, 15) is 18.0 Å². The lowest BCUT2D eigenvalue weighted by molar-refractivity contribution is 0.0600. The molecule has 1 saturated heterocycles. The van der Waals surface area contributed by atoms with Crippen molar-refractivity contribution in [1.82, 2.24) is 9.29 Å². The molecular formula is C25H28N2O6S. The molecule has 1 aromatic heterocycles. The first-order valence-electron chi connectivity index (χ1n) is 11.1. The summed E-state index contributed by atoms with van der Waals surface area (Å²) in [5, 5.41) is 0.863. The molecular weight excluding hydrogens is 456 g/mol. The van der Waals surface area contributed by atoms with E-state index >= 15 is 0 Å². The molecule has 1 aliphatic rings. The molecule has 0 aliphatic carbocycles. The van der Waals surface area contributed by atoms with Crippen LogP contribution in [0.1, 0.15) is 39.9 Å². The number of H-pyrrole nitrogens is 1. The van der Waals surface area contributed by atoms with Gasteiger partial charge in [-0.3, -0.25) is 4.79 Å². The predicted octanol–water partition coefficient (Wildman–Crippen LogP) is 3.30. The van der Waals surface area contributed by atoms with Crippen LogP contribution in [0, 0.1) is 13.8 Å². The Labute approximate surface area is 198 Å². The molecule has 0 amide bonds. The number of methoxy groups -OCH3 is 1. The molecule has 0 radical (unpaired) electrons. The fourth-order valence-electron chi connectivity index (χ4n) is 4.34. The molecule has 2 heterocycles. The third kappa shape index (κ3) is 4.91. The van der Waals surface area contributed by atoms with Gasteiger partial charge in [-0.1, -0.05) is 12.1 Å². The Morgan fingerprint density at radius 3 is 2.71 bits per heavy atom. The Morgan fingerprint density at radius 2 is 2.00 bits per heavy atom. The van der Waals surface area contributed by atoms with Crippen LogP contribution < -0.4 is 5.56 Å². The summed E-state index contributed by atoms with van der Waals surface area (Å²) >= 11 is 0. The monoisotopic (exact) mass is 484 g/mol. The first-order chi connectivity index (χ1) is 16.2. The maximum Gasteiger partial charge on any atom is 0.337 e. The number of carbonyl (C=O) groups is 1. The maximum atomic E-state index is 13.7. The van der Waals surface area contributed by atoms with Gasteiger partial charge in [0.1, 0.15) is 0 Å². The van der Waals surface area contributed by atoms with E-state index in [0.29, 0.717) is 17.7 Å². The standard InChI is InChI=1S/C25H28N2O6S/c1-16-10-17(2)22-13-19(24(28)26-23(22)11-16)14-27(15-20-7-5-9-33-20)34(30,31)21-8-4-6-18(12-21)25(29)32-3/h4,6,8,10-13,20H,5,7,9,14-15H2,1-3H3,(H,26,28)/t20-/m0/s1. The van der Waals surface area contributed by atoms with Crippen molar-refractivity contribution in [2.45, 2.75) is 44.2 Å². The van der Waals surface area contributed by atoms with Gasteiger partial charge < -0.3 is 14.5 Å². The number of pyridine rings is 1. The van der Waals surface area contributed by atoms with Gasteiger partial charge in [-0.15, -0.1) is 0 Å². The first kappa shape index (κ1) is 24.1. The van der Waals surface area contributed by atoms with Gasteiger partial charge in [-0.25, -0.2) is 13.2 Å². The number of aromatic amines is 1. The highest BCUT2D eigenvalue weighted by molar-refractivity contribution is 7.89. The molecule has 180 valence electrons. The lowest BCUT2D eigenvalue weighted by Crippen LogP contribution is -2.38. The lowest BCUT2D eigenvalue weighted by atomic mass is 10.0. The van der Waals surface area contributed by atoms with Crippen molar-refractivity contribution in [2.75, 3.05) is 20.3 Å². The molecule has 1 N–H and O–H groups in total. The van der Waals surface area contributed by atoms with Crippen LogP contribution >= 0.6 is 0 Å². The molecule has 0 unspecified atom stereocenters. The van der Waals surface area contributed by atoms with E-state index in [4.69, 9.17) is 9.47 Å². The van der Waals surface area contributed by atoms with E-state index in [1.165, 1.54) is 35.7 Å². The topological polar surface area (TPSA) is 106 Å². The number of carbonyl (C=O) groups excluding carboxylic acids is 1. The minimum absolute atomic E-state index is 0.0441. The summed E-state index contributed by atoms with van der Waals surface area (Å²) in [6.45, 7) is 4.47. The Morgan fingerprint density at radius 1 is 1.21 bits per heavy atom. The second-order valence-corrected chi connectivity index (χ2v) is 10.6. The Kier molecular flexibility index (Phi) is 6.88. The zero-order valence-corrected chi connectivity index (χ0v) is 20.3. The number of hydrogen-bond acceptors (Lipinski definition) is 6. The highest BCUT2D eigenvalue weighted by Gasteiger charge is 2.30.